The molecule has 16 heteroatoms. The van der Waals surface area contributed by atoms with Crippen LogP contribution in [0, 0.1) is 13.8 Å². The van der Waals surface area contributed by atoms with Gasteiger partial charge in [-0.1, -0.05) is 145 Å². The molecule has 6 aliphatic heterocycles. The molecule has 0 unspecified atom stereocenters. The summed E-state index contributed by atoms with van der Waals surface area (Å²) in [4.78, 5) is 7.01. The highest BCUT2D eigenvalue weighted by molar-refractivity contribution is 8.00. The molecule has 0 saturated heterocycles. The first-order valence-corrected chi connectivity index (χ1v) is 38.3. The van der Waals surface area contributed by atoms with Gasteiger partial charge in [-0.2, -0.15) is 0 Å². The van der Waals surface area contributed by atoms with Gasteiger partial charge >= 0.3 is 0 Å². The van der Waals surface area contributed by atoms with Crippen LogP contribution in [0.3, 0.4) is 0 Å². The van der Waals surface area contributed by atoms with E-state index >= 15 is 0 Å². The number of rotatable bonds is 11. The third-order valence-electron chi connectivity index (χ3n) is 20.9. The summed E-state index contributed by atoms with van der Waals surface area (Å²) in [6, 6.07) is 101. The van der Waals surface area contributed by atoms with Crippen molar-refractivity contribution in [1.29, 1.82) is 0 Å². The van der Waals surface area contributed by atoms with E-state index in [-0.39, 0.29) is 20.1 Å². The van der Waals surface area contributed by atoms with Crippen LogP contribution in [-0.4, -0.2) is 32.6 Å². The molecule has 0 atom stereocenters. The normalized spacial score (nSPS) is 13.4. The Hall–Kier alpha value is -11.1. The number of anilines is 13. The SMILES string of the molecule is CSN1c2cc3c(cc2B2c4cc5c(cc4Oc4cc(N(c6ccccc6)c6ccccc6)cc1c42)N(SC)c1cc(N(c2ccccc2)c2ccccc2)cc2c1B5c1sc4ccccc4c1O2)B1c2sc4ccccc4c2Oc2cc(N(c4ccc(C)cc4)c4ccc(C)cc4)cc(c21)O3. The molecule has 0 radical (unpaired) electrons. The Morgan fingerprint density at radius 1 is 0.294 bits per heavy atom. The first kappa shape index (κ1) is 59.7. The molecule has 13 aromatic carbocycles. The molecule has 21 rings (SSSR count). The van der Waals surface area contributed by atoms with E-state index in [2.05, 4.69) is 329 Å². The van der Waals surface area contributed by atoms with Crippen molar-refractivity contribution >= 4 is 209 Å². The number of nitrogens with zero attached hydrogens (tertiary/aromatic N) is 5. The molecule has 0 bridgehead atoms. The minimum atomic E-state index is -0.302. The minimum Gasteiger partial charge on any atom is -0.458 e. The highest BCUT2D eigenvalue weighted by Gasteiger charge is 2.51. The summed E-state index contributed by atoms with van der Waals surface area (Å²) in [7, 11) is 0. The first-order valence-electron chi connectivity index (χ1n) is 34.3. The molecule has 0 aliphatic carbocycles. The smallest absolute Gasteiger partial charge is 0.273 e. The molecule has 0 N–H and O–H groups in total. The Morgan fingerprint density at radius 2 is 0.627 bits per heavy atom. The highest BCUT2D eigenvalue weighted by atomic mass is 32.2. The van der Waals surface area contributed by atoms with Crippen molar-refractivity contribution in [3.8, 4) is 46.0 Å². The lowest BCUT2D eigenvalue weighted by Gasteiger charge is -2.43. The van der Waals surface area contributed by atoms with E-state index in [0.29, 0.717) is 0 Å². The first-order chi connectivity index (χ1) is 50.3. The molecular weight excluding hydrogens is 1330 g/mol. The van der Waals surface area contributed by atoms with Crippen molar-refractivity contribution in [2.24, 2.45) is 0 Å². The summed E-state index contributed by atoms with van der Waals surface area (Å²) in [5.74, 6) is 6.60. The Kier molecular flexibility index (Phi) is 13.6. The van der Waals surface area contributed by atoms with E-state index < -0.39 is 0 Å². The maximum Gasteiger partial charge on any atom is 0.273 e. The van der Waals surface area contributed by atoms with Crippen LogP contribution in [-0.2, 0) is 0 Å². The molecule has 484 valence electrons. The second kappa shape index (κ2) is 23.2. The number of para-hydroxylation sites is 4. The molecule has 6 aliphatic rings. The third kappa shape index (κ3) is 9.08. The van der Waals surface area contributed by atoms with E-state index in [0.717, 1.165) is 163 Å². The van der Waals surface area contributed by atoms with Crippen molar-refractivity contribution in [2.45, 2.75) is 13.8 Å². The maximum atomic E-state index is 7.78. The summed E-state index contributed by atoms with van der Waals surface area (Å²) in [5, 5.41) is 2.21. The van der Waals surface area contributed by atoms with E-state index in [1.165, 1.54) is 36.2 Å². The number of ether oxygens (including phenoxy) is 4. The summed E-state index contributed by atoms with van der Waals surface area (Å²) < 4.78 is 39.8. The molecule has 2 aromatic heterocycles. The van der Waals surface area contributed by atoms with Gasteiger partial charge in [0, 0.05) is 118 Å². The second-order valence-corrected chi connectivity index (χ2v) is 30.4. The van der Waals surface area contributed by atoms with Crippen LogP contribution in [0.4, 0.5) is 73.9 Å². The fourth-order valence-corrected chi connectivity index (χ4v) is 20.4. The number of hydrogen-bond acceptors (Lipinski definition) is 13. The van der Waals surface area contributed by atoms with Gasteiger partial charge in [0.05, 0.1) is 39.8 Å². The average molecular weight is 1390 g/mol. The zero-order valence-corrected chi connectivity index (χ0v) is 59.1. The fourth-order valence-electron chi connectivity index (χ4n) is 16.5. The summed E-state index contributed by atoms with van der Waals surface area (Å²) in [5.41, 5.74) is 23.6. The topological polar surface area (TPSA) is 53.1 Å². The van der Waals surface area contributed by atoms with Gasteiger partial charge in [-0.05, 0) is 180 Å². The number of aryl methyl sites for hydroxylation is 2. The van der Waals surface area contributed by atoms with Crippen LogP contribution < -0.4 is 90.1 Å². The van der Waals surface area contributed by atoms with Crippen LogP contribution in [0.25, 0.3) is 20.2 Å². The van der Waals surface area contributed by atoms with Gasteiger partial charge in [0.15, 0.2) is 0 Å². The van der Waals surface area contributed by atoms with Crippen LogP contribution in [0.5, 0.6) is 46.0 Å². The monoisotopic (exact) mass is 1390 g/mol. The average Bonchev–Trinajstić information content (AvgIpc) is 1.01. The maximum absolute atomic E-state index is 7.78. The quantitative estimate of drug-likeness (QED) is 0.0919. The van der Waals surface area contributed by atoms with Gasteiger partial charge in [0.1, 0.15) is 46.0 Å². The van der Waals surface area contributed by atoms with Gasteiger partial charge in [-0.25, -0.2) is 0 Å². The predicted molar refractivity (Wildman–Crippen MR) is 435 cm³/mol. The molecule has 102 heavy (non-hydrogen) atoms. The fraction of sp³-hybridized carbons (Fsp3) is 0.0465. The van der Waals surface area contributed by atoms with Gasteiger partial charge in [0.25, 0.3) is 20.1 Å². The van der Waals surface area contributed by atoms with Gasteiger partial charge in [-0.15, -0.1) is 22.7 Å². The lowest BCUT2D eigenvalue weighted by molar-refractivity contribution is 0.468. The van der Waals surface area contributed by atoms with Crippen LogP contribution in [0.1, 0.15) is 11.1 Å². The Morgan fingerprint density at radius 3 is 1.06 bits per heavy atom. The standard InChI is InChI=1S/C86H58B3N5O4S4/c1-51-33-37-57(38-34-51)92(58-39-35-52(2)36-40-58)61-45-76-82-77(46-61)98-84-63-30-18-20-32-79(63)102-86(84)89(82)67-47-64-68(49-73(67)96-76)93(99-3)70-41-59(90(53-21-9-5-10-22-53)54-23-11-6-12-24-54)43-74-80(70)87(64)66-48-65-69(50-72(66)95-74)94(100-4)71-42-60(91(55-25-13-7-14-26-55)56-27-15-8-16-28-56)44-75-81(71)88(65)85-83(97-75)62-29-17-19-31-78(62)101-85/h5-50H,1-4H3. The molecule has 15 aromatic rings. The number of thiophene rings is 2. The van der Waals surface area contributed by atoms with Crippen molar-refractivity contribution in [3.63, 3.8) is 0 Å². The molecular formula is C86H58B3N5O4S4. The Bertz CT molecular complexity index is 5850. The van der Waals surface area contributed by atoms with Crippen LogP contribution in [0.15, 0.2) is 279 Å². The number of hydrogen-bond donors (Lipinski definition) is 0. The van der Waals surface area contributed by atoms with E-state index in [4.69, 9.17) is 18.9 Å². The molecule has 0 spiro atoms. The zero-order chi connectivity index (χ0) is 67.6. The highest BCUT2D eigenvalue weighted by Crippen LogP contribution is 2.52. The number of benzene rings is 13. The lowest BCUT2D eigenvalue weighted by atomic mass is 9.31. The molecule has 8 heterocycles. The molecule has 0 amide bonds. The minimum absolute atomic E-state index is 0.187. The molecule has 0 fully saturated rings. The van der Waals surface area contributed by atoms with E-state index in [1.807, 2.05) is 22.7 Å². The molecule has 9 nitrogen and oxygen atoms in total. The van der Waals surface area contributed by atoms with Crippen molar-refractivity contribution < 1.29 is 18.9 Å². The van der Waals surface area contributed by atoms with Crippen molar-refractivity contribution in [2.75, 3.05) is 35.8 Å². The van der Waals surface area contributed by atoms with Gasteiger partial charge < -0.3 is 33.6 Å². The van der Waals surface area contributed by atoms with Crippen LogP contribution >= 0.6 is 46.6 Å². The Labute approximate surface area is 608 Å². The van der Waals surface area contributed by atoms with Gasteiger partial charge in [-0.3, -0.25) is 8.61 Å². The van der Waals surface area contributed by atoms with Crippen molar-refractivity contribution in [3.05, 3.63) is 290 Å². The van der Waals surface area contributed by atoms with Crippen molar-refractivity contribution in [1.82, 2.24) is 0 Å². The Balaban J connectivity index is 0.807. The van der Waals surface area contributed by atoms with Crippen LogP contribution in [0.2, 0.25) is 0 Å². The predicted octanol–water partition coefficient (Wildman–Crippen LogP) is 18.6. The zero-order valence-electron chi connectivity index (χ0n) is 55.8. The third-order valence-corrected chi connectivity index (χ3v) is 24.9. The van der Waals surface area contributed by atoms with E-state index in [1.54, 1.807) is 23.9 Å². The summed E-state index contributed by atoms with van der Waals surface area (Å²) in [6.45, 7) is 3.56. The molecule has 0 saturated carbocycles. The summed E-state index contributed by atoms with van der Waals surface area (Å²) >= 11 is 7.06. The summed E-state index contributed by atoms with van der Waals surface area (Å²) in [6.07, 6.45) is 4.38. The largest absolute Gasteiger partial charge is 0.458 e. The second-order valence-electron chi connectivity index (χ2n) is 26.8. The lowest BCUT2D eigenvalue weighted by Crippen LogP contribution is -2.64. The van der Waals surface area contributed by atoms with Gasteiger partial charge in [0.2, 0.25) is 0 Å². The number of fused-ring (bicyclic) bond motifs is 16. The van der Waals surface area contributed by atoms with E-state index in [9.17, 15) is 0 Å².